The number of hydrogen-bond acceptors (Lipinski definition) is 5. The van der Waals surface area contributed by atoms with Crippen LogP contribution in [0.25, 0.3) is 0 Å². The number of para-hydroxylation sites is 1. The highest BCUT2D eigenvalue weighted by atomic mass is 16.6. The second kappa shape index (κ2) is 10.8. The molecule has 1 aliphatic heterocycles. The largest absolute Gasteiger partial charge is 0.455 e. The first-order valence-electron chi connectivity index (χ1n) is 11.5. The fourth-order valence-electron chi connectivity index (χ4n) is 3.75. The predicted molar refractivity (Wildman–Crippen MR) is 125 cm³/mol. The molecular weight excluding hydrogens is 408 g/mol. The van der Waals surface area contributed by atoms with E-state index in [1.165, 1.54) is 0 Å². The van der Waals surface area contributed by atoms with Gasteiger partial charge < -0.3 is 19.7 Å². The molecule has 178 valence electrons. The van der Waals surface area contributed by atoms with Crippen molar-refractivity contribution in [3.05, 3.63) is 29.3 Å². The number of anilines is 1. The summed E-state index contributed by atoms with van der Waals surface area (Å²) in [5, 5.41) is 2.96. The molecule has 0 unspecified atom stereocenters. The van der Waals surface area contributed by atoms with Crippen LogP contribution in [0.15, 0.2) is 18.2 Å². The van der Waals surface area contributed by atoms with Gasteiger partial charge in [0.25, 0.3) is 5.91 Å². The molecular formula is C25H38N2O5. The number of ether oxygens (including phenoxy) is 2. The van der Waals surface area contributed by atoms with Crippen LogP contribution >= 0.6 is 0 Å². The van der Waals surface area contributed by atoms with Gasteiger partial charge in [0.2, 0.25) is 0 Å². The van der Waals surface area contributed by atoms with Crippen molar-refractivity contribution in [1.82, 2.24) is 4.90 Å². The van der Waals surface area contributed by atoms with Crippen LogP contribution in [0.5, 0.6) is 0 Å². The van der Waals surface area contributed by atoms with Crippen LogP contribution in [0.4, 0.5) is 10.5 Å². The van der Waals surface area contributed by atoms with E-state index >= 15 is 0 Å². The number of nitrogens with zero attached hydrogens (tertiary/aromatic N) is 1. The number of amides is 2. The Morgan fingerprint density at radius 1 is 1.03 bits per heavy atom. The van der Waals surface area contributed by atoms with Gasteiger partial charge in [-0.2, -0.15) is 0 Å². The van der Waals surface area contributed by atoms with Gasteiger partial charge in [0.1, 0.15) is 5.60 Å². The van der Waals surface area contributed by atoms with E-state index in [1.54, 1.807) is 4.90 Å². The molecule has 1 fully saturated rings. The zero-order chi connectivity index (χ0) is 24.1. The Balaban J connectivity index is 1.88. The smallest absolute Gasteiger partial charge is 0.410 e. The van der Waals surface area contributed by atoms with E-state index in [1.807, 2.05) is 39.0 Å². The average molecular weight is 447 g/mol. The van der Waals surface area contributed by atoms with E-state index in [4.69, 9.17) is 9.47 Å². The first kappa shape index (κ1) is 25.7. The zero-order valence-corrected chi connectivity index (χ0v) is 20.5. The third-order valence-corrected chi connectivity index (χ3v) is 5.46. The lowest BCUT2D eigenvalue weighted by atomic mass is 9.92. The summed E-state index contributed by atoms with van der Waals surface area (Å²) in [4.78, 5) is 38.8. The molecule has 32 heavy (non-hydrogen) atoms. The molecule has 1 aliphatic rings. The van der Waals surface area contributed by atoms with E-state index in [2.05, 4.69) is 33.0 Å². The van der Waals surface area contributed by atoms with Crippen molar-refractivity contribution in [1.29, 1.82) is 0 Å². The number of nitrogens with one attached hydrogen (secondary N) is 1. The Morgan fingerprint density at radius 3 is 2.03 bits per heavy atom. The Morgan fingerprint density at radius 2 is 1.56 bits per heavy atom. The first-order chi connectivity index (χ1) is 14.9. The Hall–Kier alpha value is -2.57. The second-order valence-corrected chi connectivity index (χ2v) is 10.0. The van der Waals surface area contributed by atoms with E-state index in [0.29, 0.717) is 25.9 Å². The van der Waals surface area contributed by atoms with Crippen LogP contribution in [-0.4, -0.2) is 48.2 Å². The van der Waals surface area contributed by atoms with Crippen molar-refractivity contribution in [2.75, 3.05) is 25.0 Å². The lowest BCUT2D eigenvalue weighted by Crippen LogP contribution is -2.43. The first-order valence-corrected chi connectivity index (χ1v) is 11.5. The molecule has 1 heterocycles. The third kappa shape index (κ3) is 7.24. The SMILES string of the molecule is CC(C)c1cccc(C(C)C)c1NC(=O)COC(=O)C1CCN(C(=O)OC(C)(C)C)CC1. The number of carbonyl (C=O) groups is 3. The highest BCUT2D eigenvalue weighted by Gasteiger charge is 2.31. The van der Waals surface area contributed by atoms with E-state index in [9.17, 15) is 14.4 Å². The number of hydrogen-bond donors (Lipinski definition) is 1. The van der Waals surface area contributed by atoms with Crippen molar-refractivity contribution in [3.8, 4) is 0 Å². The van der Waals surface area contributed by atoms with Crippen molar-refractivity contribution >= 4 is 23.7 Å². The summed E-state index contributed by atoms with van der Waals surface area (Å²) in [6.07, 6.45) is 0.620. The molecule has 1 aromatic rings. The maximum atomic E-state index is 12.6. The second-order valence-electron chi connectivity index (χ2n) is 10.0. The molecule has 1 saturated heterocycles. The van der Waals surface area contributed by atoms with Crippen LogP contribution in [0.1, 0.15) is 84.3 Å². The van der Waals surface area contributed by atoms with Gasteiger partial charge in [-0.05, 0) is 56.6 Å². The number of likely N-dealkylation sites (tertiary alicyclic amines) is 1. The Labute approximate surface area is 191 Å². The van der Waals surface area contributed by atoms with Gasteiger partial charge in [0, 0.05) is 18.8 Å². The minimum absolute atomic E-state index is 0.252. The lowest BCUT2D eigenvalue weighted by molar-refractivity contribution is -0.153. The molecule has 2 rings (SSSR count). The number of piperidine rings is 1. The number of esters is 1. The fraction of sp³-hybridized carbons (Fsp3) is 0.640. The minimum Gasteiger partial charge on any atom is -0.455 e. The summed E-state index contributed by atoms with van der Waals surface area (Å²) < 4.78 is 10.7. The molecule has 7 nitrogen and oxygen atoms in total. The summed E-state index contributed by atoms with van der Waals surface area (Å²) in [5.41, 5.74) is 2.38. The Bertz CT molecular complexity index is 792. The summed E-state index contributed by atoms with van der Waals surface area (Å²) in [7, 11) is 0. The highest BCUT2D eigenvalue weighted by Crippen LogP contribution is 2.32. The molecule has 0 radical (unpaired) electrons. The molecule has 2 amide bonds. The van der Waals surface area contributed by atoms with Crippen molar-refractivity contribution in [2.45, 2.75) is 78.7 Å². The topological polar surface area (TPSA) is 84.9 Å². The molecule has 0 atom stereocenters. The van der Waals surface area contributed by atoms with Crippen molar-refractivity contribution < 1.29 is 23.9 Å². The molecule has 0 aliphatic carbocycles. The molecule has 0 spiro atoms. The normalized spacial score (nSPS) is 15.1. The van der Waals surface area contributed by atoms with Gasteiger partial charge >= 0.3 is 12.1 Å². The van der Waals surface area contributed by atoms with E-state index < -0.39 is 11.6 Å². The zero-order valence-electron chi connectivity index (χ0n) is 20.5. The number of carbonyl (C=O) groups excluding carboxylic acids is 3. The molecule has 1 aromatic carbocycles. The molecule has 0 saturated carbocycles. The van der Waals surface area contributed by atoms with Crippen molar-refractivity contribution in [2.24, 2.45) is 5.92 Å². The standard InChI is InChI=1S/C25H38N2O5/c1-16(2)19-9-8-10-20(17(3)4)22(19)26-21(28)15-31-23(29)18-11-13-27(14-12-18)24(30)32-25(5,6)7/h8-10,16-18H,11-15H2,1-7H3,(H,26,28). The highest BCUT2D eigenvalue weighted by molar-refractivity contribution is 5.94. The number of benzene rings is 1. The maximum Gasteiger partial charge on any atom is 0.410 e. The average Bonchev–Trinajstić information content (AvgIpc) is 2.70. The van der Waals surface area contributed by atoms with Gasteiger partial charge in [-0.3, -0.25) is 9.59 Å². The quantitative estimate of drug-likeness (QED) is 0.617. The van der Waals surface area contributed by atoms with Crippen LogP contribution in [0.2, 0.25) is 0 Å². The molecule has 0 aromatic heterocycles. The van der Waals surface area contributed by atoms with Gasteiger partial charge in [-0.25, -0.2) is 4.79 Å². The van der Waals surface area contributed by atoms with Crippen LogP contribution in [0.3, 0.4) is 0 Å². The summed E-state index contributed by atoms with van der Waals surface area (Å²) in [6, 6.07) is 6.03. The van der Waals surface area contributed by atoms with Crippen molar-refractivity contribution in [3.63, 3.8) is 0 Å². The molecule has 1 N–H and O–H groups in total. The van der Waals surface area contributed by atoms with Gasteiger partial charge in [-0.1, -0.05) is 45.9 Å². The lowest BCUT2D eigenvalue weighted by Gasteiger charge is -2.32. The van der Waals surface area contributed by atoms with Crippen LogP contribution in [0, 0.1) is 5.92 Å². The monoisotopic (exact) mass is 446 g/mol. The van der Waals surface area contributed by atoms with Gasteiger partial charge in [0.15, 0.2) is 6.61 Å². The van der Waals surface area contributed by atoms with Crippen LogP contribution < -0.4 is 5.32 Å². The third-order valence-electron chi connectivity index (χ3n) is 5.46. The van der Waals surface area contributed by atoms with Crippen LogP contribution in [-0.2, 0) is 19.1 Å². The molecule has 7 heteroatoms. The summed E-state index contributed by atoms with van der Waals surface area (Å²) in [6.45, 7) is 14.3. The summed E-state index contributed by atoms with van der Waals surface area (Å²) in [5.74, 6) is -0.566. The number of rotatable bonds is 6. The summed E-state index contributed by atoms with van der Waals surface area (Å²) >= 11 is 0. The Kier molecular flexibility index (Phi) is 8.70. The van der Waals surface area contributed by atoms with Gasteiger partial charge in [0.05, 0.1) is 5.92 Å². The van der Waals surface area contributed by atoms with Gasteiger partial charge in [-0.15, -0.1) is 0 Å². The van der Waals surface area contributed by atoms with E-state index in [0.717, 1.165) is 16.8 Å². The predicted octanol–water partition coefficient (Wildman–Crippen LogP) is 5.06. The maximum absolute atomic E-state index is 12.6. The van der Waals surface area contributed by atoms with E-state index in [-0.39, 0.29) is 36.4 Å². The molecule has 0 bridgehead atoms. The minimum atomic E-state index is -0.552. The fourth-order valence-corrected chi connectivity index (χ4v) is 3.75.